The van der Waals surface area contributed by atoms with Crippen LogP contribution < -0.4 is 10.1 Å². The molecule has 3 aromatic carbocycles. The second kappa shape index (κ2) is 14.7. The molecule has 222 valence electrons. The Morgan fingerprint density at radius 2 is 1.64 bits per heavy atom. The number of nitro groups is 1. The van der Waals surface area contributed by atoms with Gasteiger partial charge in [0.25, 0.3) is 5.69 Å². The van der Waals surface area contributed by atoms with Crippen molar-refractivity contribution in [1.29, 1.82) is 0 Å². The van der Waals surface area contributed by atoms with E-state index in [1.165, 1.54) is 12.1 Å². The van der Waals surface area contributed by atoms with E-state index in [1.807, 2.05) is 54.6 Å². The van der Waals surface area contributed by atoms with Gasteiger partial charge in [0.2, 0.25) is 0 Å². The number of nitro benzene ring substituents is 1. The highest BCUT2D eigenvalue weighted by atomic mass is 28.4. The molecular formula is C33H40N2O6Si. The van der Waals surface area contributed by atoms with Gasteiger partial charge in [-0.3, -0.25) is 10.1 Å². The molecule has 0 aliphatic rings. The van der Waals surface area contributed by atoms with E-state index < -0.39 is 31.5 Å². The van der Waals surface area contributed by atoms with Crippen molar-refractivity contribution in [3.05, 3.63) is 106 Å². The molecule has 0 aromatic heterocycles. The Kier molecular flexibility index (Phi) is 11.3. The van der Waals surface area contributed by atoms with Gasteiger partial charge in [-0.2, -0.15) is 0 Å². The van der Waals surface area contributed by atoms with Gasteiger partial charge in [0, 0.05) is 24.1 Å². The number of ether oxygens (including phenoxy) is 2. The maximum Gasteiger partial charge on any atom is 0.407 e. The first-order valence-electron chi connectivity index (χ1n) is 13.9. The van der Waals surface area contributed by atoms with Crippen LogP contribution >= 0.6 is 0 Å². The van der Waals surface area contributed by atoms with Crippen molar-refractivity contribution in [3.63, 3.8) is 0 Å². The number of carbonyl (C=O) groups is 1. The summed E-state index contributed by atoms with van der Waals surface area (Å²) < 4.78 is 17.7. The maximum atomic E-state index is 13.1. The van der Waals surface area contributed by atoms with E-state index in [-0.39, 0.29) is 17.3 Å². The number of non-ortho nitro benzene ring substituents is 1. The Balaban J connectivity index is 1.82. The van der Waals surface area contributed by atoms with Crippen LogP contribution in [-0.4, -0.2) is 32.5 Å². The van der Waals surface area contributed by atoms with Crippen molar-refractivity contribution in [2.45, 2.75) is 70.5 Å². The largest absolute Gasteiger partial charge is 0.497 e. The standard InChI is InChI=1S/C33H40N2O6Si/c1-33(2,3)42(5,6)41-31(27-13-8-7-9-14-27)30(15-11-10-12-25-16-20-28(21-17-25)35(37)38)34-32(36)40-24-26-18-22-29(39-4)23-19-26/h7-9,13-14,16-23,30-31H,11,15,24H2,1-6H3,(H,34,36)/t30-,31-/m1/s1. The molecule has 2 atom stereocenters. The summed E-state index contributed by atoms with van der Waals surface area (Å²) in [6.45, 7) is 11.0. The molecule has 8 nitrogen and oxygen atoms in total. The second-order valence-corrected chi connectivity index (χ2v) is 16.3. The molecule has 0 spiro atoms. The number of methoxy groups -OCH3 is 1. The summed E-state index contributed by atoms with van der Waals surface area (Å²) in [7, 11) is -0.653. The molecule has 3 rings (SSSR count). The Bertz CT molecular complexity index is 1370. The summed E-state index contributed by atoms with van der Waals surface area (Å²) in [6.07, 6.45) is 0.0110. The number of hydrogen-bond donors (Lipinski definition) is 1. The Morgan fingerprint density at radius 3 is 2.21 bits per heavy atom. The molecule has 3 aromatic rings. The van der Waals surface area contributed by atoms with E-state index in [2.05, 4.69) is 51.0 Å². The minimum Gasteiger partial charge on any atom is -0.497 e. The van der Waals surface area contributed by atoms with Crippen LogP contribution in [0.25, 0.3) is 0 Å². The normalized spacial score (nSPS) is 12.8. The Morgan fingerprint density at radius 1 is 1.00 bits per heavy atom. The summed E-state index contributed by atoms with van der Waals surface area (Å²) in [5.74, 6) is 6.95. The number of hydrogen-bond acceptors (Lipinski definition) is 6. The molecule has 0 fully saturated rings. The van der Waals surface area contributed by atoms with Crippen LogP contribution in [0.3, 0.4) is 0 Å². The zero-order valence-electron chi connectivity index (χ0n) is 25.2. The van der Waals surface area contributed by atoms with Crippen LogP contribution in [0.1, 0.15) is 56.4 Å². The van der Waals surface area contributed by atoms with E-state index in [0.29, 0.717) is 18.4 Å². The number of benzene rings is 3. The molecule has 42 heavy (non-hydrogen) atoms. The first-order valence-corrected chi connectivity index (χ1v) is 16.8. The first kappa shape index (κ1) is 32.4. The van der Waals surface area contributed by atoms with Gasteiger partial charge in [0.1, 0.15) is 12.4 Å². The van der Waals surface area contributed by atoms with E-state index >= 15 is 0 Å². The SMILES string of the molecule is COc1ccc(COC(=O)N[C@H](CCC#Cc2ccc([N+](=O)[O-])cc2)[C@H](O[Si](C)(C)C(C)(C)C)c2ccccc2)cc1. The Labute approximate surface area is 249 Å². The smallest absolute Gasteiger partial charge is 0.407 e. The highest BCUT2D eigenvalue weighted by Crippen LogP contribution is 2.41. The van der Waals surface area contributed by atoms with Crippen molar-refractivity contribution < 1.29 is 23.6 Å². The molecule has 0 radical (unpaired) electrons. The van der Waals surface area contributed by atoms with Crippen molar-refractivity contribution in [1.82, 2.24) is 5.32 Å². The van der Waals surface area contributed by atoms with Crippen molar-refractivity contribution in [2.75, 3.05) is 7.11 Å². The van der Waals surface area contributed by atoms with Gasteiger partial charge < -0.3 is 19.2 Å². The van der Waals surface area contributed by atoms with Gasteiger partial charge in [-0.05, 0) is 59.9 Å². The first-order chi connectivity index (χ1) is 19.9. The number of nitrogens with one attached hydrogen (secondary N) is 1. The molecule has 1 N–H and O–H groups in total. The topological polar surface area (TPSA) is 99.9 Å². The molecule has 0 bridgehead atoms. The highest BCUT2D eigenvalue weighted by molar-refractivity contribution is 6.74. The van der Waals surface area contributed by atoms with Gasteiger partial charge in [0.05, 0.1) is 24.2 Å². The molecule has 0 saturated heterocycles. The average Bonchev–Trinajstić information content (AvgIpc) is 2.97. The lowest BCUT2D eigenvalue weighted by molar-refractivity contribution is -0.384. The maximum absolute atomic E-state index is 13.1. The minimum atomic E-state index is -2.25. The van der Waals surface area contributed by atoms with Crippen LogP contribution in [0, 0.1) is 22.0 Å². The fourth-order valence-corrected chi connectivity index (χ4v) is 5.23. The van der Waals surface area contributed by atoms with Gasteiger partial charge in [-0.15, -0.1) is 0 Å². The lowest BCUT2D eigenvalue weighted by Crippen LogP contribution is -2.48. The van der Waals surface area contributed by atoms with Crippen LogP contribution in [0.4, 0.5) is 10.5 Å². The highest BCUT2D eigenvalue weighted by Gasteiger charge is 2.41. The summed E-state index contributed by atoms with van der Waals surface area (Å²) in [6, 6.07) is 23.0. The number of alkyl carbamates (subject to hydrolysis) is 1. The summed E-state index contributed by atoms with van der Waals surface area (Å²) in [5, 5.41) is 14.0. The molecule has 0 aliphatic carbocycles. The van der Waals surface area contributed by atoms with Crippen LogP contribution in [0.5, 0.6) is 5.75 Å². The molecule has 9 heteroatoms. The van der Waals surface area contributed by atoms with Gasteiger partial charge in [-0.1, -0.05) is 75.1 Å². The number of nitrogens with zero attached hydrogens (tertiary/aromatic N) is 1. The molecule has 0 unspecified atom stereocenters. The summed E-state index contributed by atoms with van der Waals surface area (Å²) in [5.41, 5.74) is 2.51. The minimum absolute atomic E-state index is 0.0199. The monoisotopic (exact) mass is 588 g/mol. The lowest BCUT2D eigenvalue weighted by Gasteiger charge is -2.41. The number of carbonyl (C=O) groups excluding carboxylic acids is 1. The van der Waals surface area contributed by atoms with Crippen molar-refractivity contribution >= 4 is 20.1 Å². The van der Waals surface area contributed by atoms with E-state index in [0.717, 1.165) is 16.9 Å². The van der Waals surface area contributed by atoms with Crippen molar-refractivity contribution in [2.24, 2.45) is 0 Å². The van der Waals surface area contributed by atoms with Crippen molar-refractivity contribution in [3.8, 4) is 17.6 Å². The van der Waals surface area contributed by atoms with Crippen LogP contribution in [0.2, 0.25) is 18.1 Å². The van der Waals surface area contributed by atoms with Gasteiger partial charge in [0.15, 0.2) is 8.32 Å². The summed E-state index contributed by atoms with van der Waals surface area (Å²) in [4.78, 5) is 23.6. The van der Waals surface area contributed by atoms with Gasteiger partial charge in [-0.25, -0.2) is 4.79 Å². The molecule has 0 aliphatic heterocycles. The van der Waals surface area contributed by atoms with E-state index in [1.54, 1.807) is 19.2 Å². The summed E-state index contributed by atoms with van der Waals surface area (Å²) >= 11 is 0. The fourth-order valence-electron chi connectivity index (χ4n) is 3.94. The molecule has 1 amide bonds. The Hall–Kier alpha value is -4.13. The molecular weight excluding hydrogens is 548 g/mol. The average molecular weight is 589 g/mol. The molecule has 0 heterocycles. The number of rotatable bonds is 11. The van der Waals surface area contributed by atoms with Crippen LogP contribution in [0.15, 0.2) is 78.9 Å². The third-order valence-electron chi connectivity index (χ3n) is 7.44. The predicted octanol–water partition coefficient (Wildman–Crippen LogP) is 7.79. The fraction of sp³-hybridized carbons (Fsp3) is 0.364. The van der Waals surface area contributed by atoms with Gasteiger partial charge >= 0.3 is 6.09 Å². The lowest BCUT2D eigenvalue weighted by atomic mass is 9.98. The second-order valence-electron chi connectivity index (χ2n) is 11.5. The van der Waals surface area contributed by atoms with E-state index in [4.69, 9.17) is 13.9 Å². The van der Waals surface area contributed by atoms with E-state index in [9.17, 15) is 14.9 Å². The quantitative estimate of drug-likeness (QED) is 0.106. The zero-order valence-corrected chi connectivity index (χ0v) is 26.2. The zero-order chi connectivity index (χ0) is 30.8. The third kappa shape index (κ3) is 9.47. The third-order valence-corrected chi connectivity index (χ3v) is 11.9. The van der Waals surface area contributed by atoms with Crippen LogP contribution in [-0.2, 0) is 15.8 Å². The number of amides is 1. The molecule has 0 saturated carbocycles. The predicted molar refractivity (Wildman–Crippen MR) is 167 cm³/mol.